The van der Waals surface area contributed by atoms with Gasteiger partial charge < -0.3 is 14.5 Å². The number of nitriles is 1. The van der Waals surface area contributed by atoms with Gasteiger partial charge in [0.1, 0.15) is 22.6 Å². The molecule has 5 rings (SSSR count). The second kappa shape index (κ2) is 9.72. The SMILES string of the molecule is CC(C)(C)OC(=O)N1CCN(c2n[nH]c3c(F)c(-c4cccc5ccc(F)c(Cl)c45)ncc23)C[C@@H]1CC#N. The van der Waals surface area contributed by atoms with Gasteiger partial charge in [0.05, 0.1) is 28.9 Å². The van der Waals surface area contributed by atoms with E-state index in [1.807, 2.05) is 4.90 Å². The van der Waals surface area contributed by atoms with Gasteiger partial charge in [-0.3, -0.25) is 10.1 Å². The maximum Gasteiger partial charge on any atom is 0.410 e. The summed E-state index contributed by atoms with van der Waals surface area (Å²) in [6, 6.07) is 9.69. The number of hydrogen-bond donors (Lipinski definition) is 1. The lowest BCUT2D eigenvalue weighted by Gasteiger charge is -2.41. The summed E-state index contributed by atoms with van der Waals surface area (Å²) in [5.74, 6) is -0.781. The van der Waals surface area contributed by atoms with Crippen molar-refractivity contribution in [3.05, 3.63) is 53.2 Å². The van der Waals surface area contributed by atoms with E-state index in [9.17, 15) is 14.4 Å². The highest BCUT2D eigenvalue weighted by molar-refractivity contribution is 6.36. The molecule has 0 saturated carbocycles. The molecule has 0 unspecified atom stereocenters. The van der Waals surface area contributed by atoms with Crippen molar-refractivity contribution < 1.29 is 18.3 Å². The molecule has 38 heavy (non-hydrogen) atoms. The standard InChI is InChI=1S/C27H25ClF2N6O2/c1-27(2,3)38-26(37)36-12-11-35(14-16(36)9-10-31)25-18-13-32-23(22(30)24(18)33-34-25)17-6-4-5-15-7-8-19(29)21(28)20(15)17/h4-8,13,16H,9,11-12,14H2,1-3H3,(H,33,34)/t16-/m0/s1. The molecular weight excluding hydrogens is 514 g/mol. The number of carbonyl (C=O) groups is 1. The van der Waals surface area contributed by atoms with Crippen LogP contribution in [-0.2, 0) is 4.74 Å². The summed E-state index contributed by atoms with van der Waals surface area (Å²) in [5.41, 5.74) is -0.142. The predicted molar refractivity (Wildman–Crippen MR) is 141 cm³/mol. The van der Waals surface area contributed by atoms with E-state index in [2.05, 4.69) is 21.3 Å². The van der Waals surface area contributed by atoms with Crippen LogP contribution in [0.5, 0.6) is 0 Å². The first-order valence-electron chi connectivity index (χ1n) is 12.1. The smallest absolute Gasteiger partial charge is 0.410 e. The van der Waals surface area contributed by atoms with Crippen molar-refractivity contribution >= 4 is 45.2 Å². The Morgan fingerprint density at radius 3 is 2.79 bits per heavy atom. The van der Waals surface area contributed by atoms with Crippen LogP contribution in [0.4, 0.5) is 19.4 Å². The third kappa shape index (κ3) is 4.58. The van der Waals surface area contributed by atoms with Crippen LogP contribution in [0.1, 0.15) is 27.2 Å². The number of hydrogen-bond acceptors (Lipinski definition) is 6. The number of nitrogens with one attached hydrogen (secondary N) is 1. The van der Waals surface area contributed by atoms with Crippen LogP contribution < -0.4 is 4.90 Å². The van der Waals surface area contributed by atoms with Crippen LogP contribution in [0, 0.1) is 23.0 Å². The van der Waals surface area contributed by atoms with Gasteiger partial charge in [-0.2, -0.15) is 10.4 Å². The second-order valence-electron chi connectivity index (χ2n) is 10.2. The molecule has 1 saturated heterocycles. The zero-order chi connectivity index (χ0) is 27.2. The Kier molecular flexibility index (Phi) is 6.57. The minimum Gasteiger partial charge on any atom is -0.444 e. The van der Waals surface area contributed by atoms with Crippen LogP contribution in [-0.4, -0.2) is 57.5 Å². The molecule has 8 nitrogen and oxygen atoms in total. The van der Waals surface area contributed by atoms with E-state index in [0.29, 0.717) is 47.2 Å². The lowest BCUT2D eigenvalue weighted by Crippen LogP contribution is -2.56. The van der Waals surface area contributed by atoms with Gasteiger partial charge in [-0.25, -0.2) is 13.6 Å². The first-order chi connectivity index (χ1) is 18.1. The number of nitrogens with zero attached hydrogens (tertiary/aromatic N) is 5. The number of carbonyl (C=O) groups excluding carboxylic acids is 1. The summed E-state index contributed by atoms with van der Waals surface area (Å²) in [6.45, 7) is 6.39. The van der Waals surface area contributed by atoms with Gasteiger partial charge >= 0.3 is 6.09 Å². The highest BCUT2D eigenvalue weighted by Gasteiger charge is 2.35. The molecule has 0 bridgehead atoms. The normalized spacial score (nSPS) is 16.2. The van der Waals surface area contributed by atoms with E-state index in [1.54, 1.807) is 49.9 Å². The first kappa shape index (κ1) is 25.7. The summed E-state index contributed by atoms with van der Waals surface area (Å²) in [6.07, 6.45) is 1.14. The summed E-state index contributed by atoms with van der Waals surface area (Å²) < 4.78 is 35.6. The van der Waals surface area contributed by atoms with Crippen molar-refractivity contribution in [1.82, 2.24) is 20.1 Å². The van der Waals surface area contributed by atoms with Gasteiger partial charge in [-0.15, -0.1) is 0 Å². The molecule has 2 aromatic carbocycles. The molecule has 0 spiro atoms. The number of H-pyrrole nitrogens is 1. The highest BCUT2D eigenvalue weighted by atomic mass is 35.5. The number of aromatic amines is 1. The quantitative estimate of drug-likeness (QED) is 0.341. The van der Waals surface area contributed by atoms with E-state index in [4.69, 9.17) is 16.3 Å². The molecule has 3 heterocycles. The van der Waals surface area contributed by atoms with Gasteiger partial charge in [0.25, 0.3) is 0 Å². The molecule has 196 valence electrons. The average Bonchev–Trinajstić information content (AvgIpc) is 3.30. The average molecular weight is 539 g/mol. The van der Waals surface area contributed by atoms with Gasteiger partial charge in [-0.1, -0.05) is 35.9 Å². The number of amides is 1. The molecule has 2 aromatic heterocycles. The minimum absolute atomic E-state index is 0.0166. The van der Waals surface area contributed by atoms with E-state index < -0.39 is 29.4 Å². The maximum absolute atomic E-state index is 15.8. The molecular formula is C27H25ClF2N6O2. The molecule has 1 aliphatic rings. The van der Waals surface area contributed by atoms with Crippen LogP contribution in [0.25, 0.3) is 32.9 Å². The Bertz CT molecular complexity index is 1590. The van der Waals surface area contributed by atoms with E-state index in [-0.39, 0.29) is 22.7 Å². The van der Waals surface area contributed by atoms with Crippen molar-refractivity contribution in [2.75, 3.05) is 24.5 Å². The van der Waals surface area contributed by atoms with Crippen molar-refractivity contribution in [2.45, 2.75) is 38.8 Å². The lowest BCUT2D eigenvalue weighted by atomic mass is 10.0. The summed E-state index contributed by atoms with van der Waals surface area (Å²) in [5, 5.41) is 17.9. The van der Waals surface area contributed by atoms with Gasteiger partial charge in [0.2, 0.25) is 0 Å². The molecule has 1 atom stereocenters. The zero-order valence-electron chi connectivity index (χ0n) is 21.1. The topological polar surface area (TPSA) is 98.1 Å². The number of ether oxygens (including phenoxy) is 1. The van der Waals surface area contributed by atoms with E-state index in [1.165, 1.54) is 12.3 Å². The first-order valence-corrected chi connectivity index (χ1v) is 12.5. The van der Waals surface area contributed by atoms with Gasteiger partial charge in [0.15, 0.2) is 11.6 Å². The third-order valence-corrected chi connectivity index (χ3v) is 6.83. The molecule has 0 radical (unpaired) electrons. The molecule has 1 fully saturated rings. The molecule has 11 heteroatoms. The minimum atomic E-state index is -0.662. The maximum atomic E-state index is 15.8. The summed E-state index contributed by atoms with van der Waals surface area (Å²) in [4.78, 5) is 20.6. The number of aromatic nitrogens is 3. The zero-order valence-corrected chi connectivity index (χ0v) is 21.8. The van der Waals surface area contributed by atoms with Crippen LogP contribution in [0.3, 0.4) is 0 Å². The number of fused-ring (bicyclic) bond motifs is 2. The molecule has 1 N–H and O–H groups in total. The Morgan fingerprint density at radius 2 is 2.05 bits per heavy atom. The monoisotopic (exact) mass is 538 g/mol. The summed E-state index contributed by atoms with van der Waals surface area (Å²) in [7, 11) is 0. The number of pyridine rings is 1. The Morgan fingerprint density at radius 1 is 1.26 bits per heavy atom. The highest BCUT2D eigenvalue weighted by Crippen LogP contribution is 2.38. The van der Waals surface area contributed by atoms with Crippen molar-refractivity contribution in [3.8, 4) is 17.3 Å². The number of piperazine rings is 1. The van der Waals surface area contributed by atoms with E-state index >= 15 is 4.39 Å². The lowest BCUT2D eigenvalue weighted by molar-refractivity contribution is 0.0145. The summed E-state index contributed by atoms with van der Waals surface area (Å²) >= 11 is 6.25. The number of halogens is 3. The fraction of sp³-hybridized carbons (Fsp3) is 0.333. The van der Waals surface area contributed by atoms with E-state index in [0.717, 1.165) is 0 Å². The van der Waals surface area contributed by atoms with Crippen molar-refractivity contribution in [3.63, 3.8) is 0 Å². The third-order valence-electron chi connectivity index (χ3n) is 6.46. The predicted octanol–water partition coefficient (Wildman–Crippen LogP) is 6.05. The van der Waals surface area contributed by atoms with Crippen molar-refractivity contribution in [1.29, 1.82) is 5.26 Å². The van der Waals surface area contributed by atoms with Crippen molar-refractivity contribution in [2.24, 2.45) is 0 Å². The molecule has 1 amide bonds. The van der Waals surface area contributed by atoms with Gasteiger partial charge in [0, 0.05) is 36.8 Å². The fourth-order valence-electron chi connectivity index (χ4n) is 4.76. The second-order valence-corrected chi connectivity index (χ2v) is 10.5. The number of rotatable bonds is 3. The molecule has 4 aromatic rings. The van der Waals surface area contributed by atoms with Crippen LogP contribution in [0.2, 0.25) is 5.02 Å². The number of anilines is 1. The van der Waals surface area contributed by atoms with Gasteiger partial charge in [-0.05, 0) is 32.2 Å². The molecule has 1 aliphatic heterocycles. The fourth-order valence-corrected chi connectivity index (χ4v) is 5.03. The number of benzene rings is 2. The van der Waals surface area contributed by atoms with Crippen LogP contribution in [0.15, 0.2) is 36.5 Å². The van der Waals surface area contributed by atoms with Crippen LogP contribution >= 0.6 is 11.6 Å². The Labute approximate surface area is 222 Å². The molecule has 0 aliphatic carbocycles. The Hall–Kier alpha value is -3.97. The largest absolute Gasteiger partial charge is 0.444 e. The Balaban J connectivity index is 1.49.